The molecule has 1 heterocycles. The summed E-state index contributed by atoms with van der Waals surface area (Å²) >= 11 is 0. The number of aromatic nitrogens is 2. The molecule has 3 nitrogen and oxygen atoms in total. The van der Waals surface area contributed by atoms with Gasteiger partial charge in [0.15, 0.2) is 0 Å². The summed E-state index contributed by atoms with van der Waals surface area (Å²) in [5.74, 6) is 0. The summed E-state index contributed by atoms with van der Waals surface area (Å²) in [5, 5.41) is 0. The van der Waals surface area contributed by atoms with Crippen molar-refractivity contribution in [3.63, 3.8) is 0 Å². The molecule has 3 heteroatoms. The topological polar surface area (TPSA) is 27.1 Å². The molecule has 0 radical (unpaired) electrons. The summed E-state index contributed by atoms with van der Waals surface area (Å²) in [6.45, 7) is 3.32. The Bertz CT molecular complexity index is 423. The molecule has 0 aliphatic rings. The van der Waals surface area contributed by atoms with Gasteiger partial charge in [0.1, 0.15) is 6.73 Å². The summed E-state index contributed by atoms with van der Waals surface area (Å²) in [6.07, 6.45) is 4.67. The van der Waals surface area contributed by atoms with E-state index in [1.807, 2.05) is 35.3 Å². The van der Waals surface area contributed by atoms with Crippen LogP contribution in [0.2, 0.25) is 0 Å². The predicted molar refractivity (Wildman–Crippen MR) is 62.8 cm³/mol. The molecular formula is C13H16N2O. The van der Waals surface area contributed by atoms with Crippen LogP contribution in [0.1, 0.15) is 18.2 Å². The van der Waals surface area contributed by atoms with Crippen molar-refractivity contribution in [1.29, 1.82) is 0 Å². The Labute approximate surface area is 95.7 Å². The molecule has 1 aromatic heterocycles. The predicted octanol–water partition coefficient (Wildman–Crippen LogP) is 2.62. The van der Waals surface area contributed by atoms with Crippen LogP contribution in [0, 0.1) is 0 Å². The maximum atomic E-state index is 5.63. The van der Waals surface area contributed by atoms with Gasteiger partial charge in [0.25, 0.3) is 0 Å². The van der Waals surface area contributed by atoms with Gasteiger partial charge in [0, 0.05) is 11.9 Å². The molecule has 2 aromatic rings. The number of imidazole rings is 1. The van der Waals surface area contributed by atoms with Gasteiger partial charge in [-0.25, -0.2) is 4.98 Å². The summed E-state index contributed by atoms with van der Waals surface area (Å²) in [4.78, 5) is 4.10. The monoisotopic (exact) mass is 216 g/mol. The van der Waals surface area contributed by atoms with Crippen LogP contribution in [0.3, 0.4) is 0 Å². The van der Waals surface area contributed by atoms with Crippen molar-refractivity contribution in [2.24, 2.45) is 0 Å². The number of aryl methyl sites for hydroxylation is 1. The fourth-order valence-electron chi connectivity index (χ4n) is 1.59. The molecule has 0 saturated carbocycles. The maximum Gasteiger partial charge on any atom is 0.124 e. The molecule has 0 amide bonds. The highest BCUT2D eigenvalue weighted by Gasteiger charge is 1.99. The first-order chi connectivity index (χ1) is 7.90. The second-order valence-corrected chi connectivity index (χ2v) is 3.67. The zero-order valence-electron chi connectivity index (χ0n) is 9.47. The summed E-state index contributed by atoms with van der Waals surface area (Å²) in [5.41, 5.74) is 2.40. The minimum atomic E-state index is 0.568. The normalized spacial score (nSPS) is 10.6. The molecule has 2 rings (SSSR count). The number of rotatable bonds is 5. The first-order valence-electron chi connectivity index (χ1n) is 5.51. The zero-order chi connectivity index (χ0) is 11.2. The van der Waals surface area contributed by atoms with Crippen LogP contribution < -0.4 is 0 Å². The first-order valence-corrected chi connectivity index (χ1v) is 5.51. The first kappa shape index (κ1) is 10.9. The van der Waals surface area contributed by atoms with Crippen LogP contribution in [0.25, 0.3) is 0 Å². The van der Waals surface area contributed by atoms with E-state index in [2.05, 4.69) is 24.0 Å². The van der Waals surface area contributed by atoms with Gasteiger partial charge < -0.3 is 9.30 Å². The van der Waals surface area contributed by atoms with E-state index < -0.39 is 0 Å². The standard InChI is InChI=1S/C13H16N2O/c1-2-13-8-14-10-15(13)11-16-9-12-6-4-3-5-7-12/h3-8,10H,2,9,11H2,1H3. The van der Waals surface area contributed by atoms with Crippen LogP contribution in [0.5, 0.6) is 0 Å². The third kappa shape index (κ3) is 2.70. The fourth-order valence-corrected chi connectivity index (χ4v) is 1.59. The Morgan fingerprint density at radius 2 is 2.06 bits per heavy atom. The zero-order valence-corrected chi connectivity index (χ0v) is 9.47. The largest absolute Gasteiger partial charge is 0.356 e. The second-order valence-electron chi connectivity index (χ2n) is 3.67. The van der Waals surface area contributed by atoms with Gasteiger partial charge in [-0.15, -0.1) is 0 Å². The molecule has 0 spiro atoms. The van der Waals surface area contributed by atoms with Gasteiger partial charge in [0.2, 0.25) is 0 Å². The molecule has 0 saturated heterocycles. The van der Waals surface area contributed by atoms with Crippen molar-refractivity contribution >= 4 is 0 Å². The van der Waals surface area contributed by atoms with Gasteiger partial charge in [-0.3, -0.25) is 0 Å². The Kier molecular flexibility index (Phi) is 3.72. The average Bonchev–Trinajstić information content (AvgIpc) is 2.78. The van der Waals surface area contributed by atoms with E-state index in [9.17, 15) is 0 Å². The Hall–Kier alpha value is -1.61. The third-order valence-corrected chi connectivity index (χ3v) is 2.50. The molecule has 0 bridgehead atoms. The molecule has 0 aliphatic heterocycles. The lowest BCUT2D eigenvalue weighted by Crippen LogP contribution is -2.04. The minimum Gasteiger partial charge on any atom is -0.356 e. The number of benzene rings is 1. The van der Waals surface area contributed by atoms with Gasteiger partial charge in [-0.2, -0.15) is 0 Å². The summed E-state index contributed by atoms with van der Waals surface area (Å²) < 4.78 is 7.66. The molecule has 0 unspecified atom stereocenters. The Morgan fingerprint density at radius 1 is 1.25 bits per heavy atom. The van der Waals surface area contributed by atoms with Crippen molar-refractivity contribution in [3.8, 4) is 0 Å². The number of nitrogens with zero attached hydrogens (tertiary/aromatic N) is 2. The van der Waals surface area contributed by atoms with E-state index in [1.54, 1.807) is 0 Å². The molecule has 0 aliphatic carbocycles. The second kappa shape index (κ2) is 5.47. The van der Waals surface area contributed by atoms with Crippen LogP contribution >= 0.6 is 0 Å². The lowest BCUT2D eigenvalue weighted by Gasteiger charge is -2.07. The third-order valence-electron chi connectivity index (χ3n) is 2.50. The van der Waals surface area contributed by atoms with Crippen LogP contribution in [-0.4, -0.2) is 9.55 Å². The Morgan fingerprint density at radius 3 is 2.81 bits per heavy atom. The molecule has 1 aromatic carbocycles. The van der Waals surface area contributed by atoms with E-state index in [-0.39, 0.29) is 0 Å². The Balaban J connectivity index is 1.85. The molecule has 16 heavy (non-hydrogen) atoms. The average molecular weight is 216 g/mol. The number of hydrogen-bond donors (Lipinski definition) is 0. The lowest BCUT2D eigenvalue weighted by molar-refractivity contribution is 0.0624. The SMILES string of the molecule is CCc1cncn1COCc1ccccc1. The van der Waals surface area contributed by atoms with Crippen molar-refractivity contribution in [1.82, 2.24) is 9.55 Å². The molecule has 0 atom stereocenters. The maximum absolute atomic E-state index is 5.63. The van der Waals surface area contributed by atoms with Crippen LogP contribution in [-0.2, 0) is 24.5 Å². The van der Waals surface area contributed by atoms with E-state index >= 15 is 0 Å². The van der Waals surface area contributed by atoms with E-state index in [4.69, 9.17) is 4.74 Å². The highest BCUT2D eigenvalue weighted by atomic mass is 16.5. The van der Waals surface area contributed by atoms with Gasteiger partial charge in [-0.05, 0) is 12.0 Å². The molecule has 84 valence electrons. The number of hydrogen-bond acceptors (Lipinski definition) is 2. The fraction of sp³-hybridized carbons (Fsp3) is 0.308. The van der Waals surface area contributed by atoms with Gasteiger partial charge >= 0.3 is 0 Å². The lowest BCUT2D eigenvalue weighted by atomic mass is 10.2. The van der Waals surface area contributed by atoms with Crippen molar-refractivity contribution in [2.75, 3.05) is 0 Å². The summed E-state index contributed by atoms with van der Waals surface area (Å²) in [6, 6.07) is 10.2. The number of ether oxygens (including phenoxy) is 1. The quantitative estimate of drug-likeness (QED) is 0.768. The molecule has 0 N–H and O–H groups in total. The van der Waals surface area contributed by atoms with Gasteiger partial charge in [-0.1, -0.05) is 37.3 Å². The highest BCUT2D eigenvalue weighted by Crippen LogP contribution is 2.04. The van der Waals surface area contributed by atoms with Crippen LogP contribution in [0.4, 0.5) is 0 Å². The van der Waals surface area contributed by atoms with E-state index in [0.29, 0.717) is 13.3 Å². The van der Waals surface area contributed by atoms with Crippen molar-refractivity contribution in [2.45, 2.75) is 26.7 Å². The van der Waals surface area contributed by atoms with Gasteiger partial charge in [0.05, 0.1) is 12.9 Å². The highest BCUT2D eigenvalue weighted by molar-refractivity contribution is 5.13. The van der Waals surface area contributed by atoms with Crippen LogP contribution in [0.15, 0.2) is 42.9 Å². The van der Waals surface area contributed by atoms with Crippen molar-refractivity contribution in [3.05, 3.63) is 54.1 Å². The minimum absolute atomic E-state index is 0.568. The van der Waals surface area contributed by atoms with E-state index in [0.717, 1.165) is 6.42 Å². The summed E-state index contributed by atoms with van der Waals surface area (Å²) in [7, 11) is 0. The molecular weight excluding hydrogens is 200 g/mol. The smallest absolute Gasteiger partial charge is 0.124 e. The van der Waals surface area contributed by atoms with E-state index in [1.165, 1.54) is 11.3 Å². The van der Waals surface area contributed by atoms with Crippen molar-refractivity contribution < 1.29 is 4.74 Å². The molecule has 0 fully saturated rings.